The Balaban J connectivity index is 1.42. The number of halogens is 1. The number of nitrogens with zero attached hydrogens (tertiary/aromatic N) is 4. The van der Waals surface area contributed by atoms with Gasteiger partial charge in [0.1, 0.15) is 0 Å². The molecule has 2 aromatic heterocycles. The van der Waals surface area contributed by atoms with Crippen LogP contribution in [0.15, 0.2) is 48.7 Å². The molecule has 1 atom stereocenters. The van der Waals surface area contributed by atoms with Crippen molar-refractivity contribution < 1.29 is 9.59 Å². The molecule has 7 nitrogen and oxygen atoms in total. The third-order valence-electron chi connectivity index (χ3n) is 4.42. The van der Waals surface area contributed by atoms with Gasteiger partial charge < -0.3 is 10.2 Å². The van der Waals surface area contributed by atoms with Crippen LogP contribution < -0.4 is 10.2 Å². The maximum absolute atomic E-state index is 12.5. The predicted molar refractivity (Wildman–Crippen MR) is 96.7 cm³/mol. The van der Waals surface area contributed by atoms with Crippen LogP contribution >= 0.6 is 11.6 Å². The summed E-state index contributed by atoms with van der Waals surface area (Å²) in [6, 6.07) is 12.7. The van der Waals surface area contributed by atoms with Gasteiger partial charge in [0.2, 0.25) is 11.8 Å². The predicted octanol–water partition coefficient (Wildman–Crippen LogP) is 2.05. The Morgan fingerprint density at radius 1 is 1.23 bits per heavy atom. The summed E-state index contributed by atoms with van der Waals surface area (Å²) in [5, 5.41) is 11.6. The monoisotopic (exact) mass is 369 g/mol. The van der Waals surface area contributed by atoms with Crippen LogP contribution in [0.4, 0.5) is 5.69 Å². The molecule has 4 rings (SSSR count). The summed E-state index contributed by atoms with van der Waals surface area (Å²) in [6.45, 7) is 0.595. The Hall–Kier alpha value is -2.93. The fourth-order valence-electron chi connectivity index (χ4n) is 3.10. The summed E-state index contributed by atoms with van der Waals surface area (Å²) >= 11 is 5.99. The van der Waals surface area contributed by atoms with Crippen LogP contribution in [0.3, 0.4) is 0 Å². The van der Waals surface area contributed by atoms with Crippen LogP contribution in [0.2, 0.25) is 5.02 Å². The van der Waals surface area contributed by atoms with Crippen molar-refractivity contribution in [1.29, 1.82) is 0 Å². The van der Waals surface area contributed by atoms with Gasteiger partial charge in [-0.15, -0.1) is 10.2 Å². The summed E-state index contributed by atoms with van der Waals surface area (Å²) in [4.78, 5) is 26.4. The number of amides is 2. The second-order valence-electron chi connectivity index (χ2n) is 6.15. The molecule has 8 heteroatoms. The fourth-order valence-corrected chi connectivity index (χ4v) is 3.28. The van der Waals surface area contributed by atoms with E-state index in [0.717, 1.165) is 5.65 Å². The molecule has 1 fully saturated rings. The van der Waals surface area contributed by atoms with Crippen molar-refractivity contribution in [3.63, 3.8) is 0 Å². The Bertz CT molecular complexity index is 986. The van der Waals surface area contributed by atoms with Gasteiger partial charge in [-0.05, 0) is 30.3 Å². The first kappa shape index (κ1) is 16.5. The van der Waals surface area contributed by atoms with Crippen LogP contribution in [-0.2, 0) is 16.1 Å². The molecule has 0 aliphatic carbocycles. The molecule has 1 saturated heterocycles. The number of aromatic nitrogens is 3. The lowest BCUT2D eigenvalue weighted by Crippen LogP contribution is -2.33. The van der Waals surface area contributed by atoms with E-state index in [1.165, 1.54) is 0 Å². The highest BCUT2D eigenvalue weighted by atomic mass is 35.5. The molecule has 1 aliphatic rings. The van der Waals surface area contributed by atoms with Gasteiger partial charge in [0.15, 0.2) is 11.5 Å². The Morgan fingerprint density at radius 3 is 2.96 bits per heavy atom. The number of nitrogens with one attached hydrogen (secondary N) is 1. The first-order valence-electron chi connectivity index (χ1n) is 8.24. The van der Waals surface area contributed by atoms with E-state index in [4.69, 9.17) is 11.6 Å². The van der Waals surface area contributed by atoms with E-state index in [0.29, 0.717) is 23.1 Å². The van der Waals surface area contributed by atoms with E-state index in [-0.39, 0.29) is 24.8 Å². The molecule has 0 radical (unpaired) electrons. The molecular formula is C18H16ClN5O2. The lowest BCUT2D eigenvalue weighted by Gasteiger charge is -2.16. The summed E-state index contributed by atoms with van der Waals surface area (Å²) in [5.41, 5.74) is 1.43. The van der Waals surface area contributed by atoms with E-state index in [2.05, 4.69) is 15.5 Å². The smallest absolute Gasteiger partial charge is 0.227 e. The second kappa shape index (κ2) is 6.76. The SMILES string of the molecule is O=C(NCc1nnc2ccccn12)C1CC(=O)N(c2cccc(Cl)c2)C1. The van der Waals surface area contributed by atoms with Gasteiger partial charge in [-0.2, -0.15) is 0 Å². The van der Waals surface area contributed by atoms with E-state index in [9.17, 15) is 9.59 Å². The van der Waals surface area contributed by atoms with Crippen molar-refractivity contribution in [2.45, 2.75) is 13.0 Å². The molecule has 0 bridgehead atoms. The summed E-state index contributed by atoms with van der Waals surface area (Å²) in [7, 11) is 0. The number of hydrogen-bond donors (Lipinski definition) is 1. The van der Waals surface area contributed by atoms with Crippen LogP contribution in [0.25, 0.3) is 5.65 Å². The average Bonchev–Trinajstić information content (AvgIpc) is 3.23. The molecular weight excluding hydrogens is 354 g/mol. The number of pyridine rings is 1. The molecule has 1 unspecified atom stereocenters. The lowest BCUT2D eigenvalue weighted by molar-refractivity contribution is -0.126. The molecule has 132 valence electrons. The van der Waals surface area contributed by atoms with Crippen LogP contribution in [0, 0.1) is 5.92 Å². The molecule has 26 heavy (non-hydrogen) atoms. The fraction of sp³-hybridized carbons (Fsp3) is 0.222. The second-order valence-corrected chi connectivity index (χ2v) is 6.58. The third-order valence-corrected chi connectivity index (χ3v) is 4.66. The molecule has 3 aromatic rings. The minimum absolute atomic E-state index is 0.0830. The molecule has 3 heterocycles. The highest BCUT2D eigenvalue weighted by Gasteiger charge is 2.35. The van der Waals surface area contributed by atoms with Gasteiger partial charge in [-0.1, -0.05) is 23.7 Å². The van der Waals surface area contributed by atoms with Crippen molar-refractivity contribution in [3.05, 3.63) is 59.5 Å². The first-order chi connectivity index (χ1) is 12.6. The third kappa shape index (κ3) is 3.13. The zero-order valence-electron chi connectivity index (χ0n) is 13.8. The van der Waals surface area contributed by atoms with E-state index >= 15 is 0 Å². The highest BCUT2D eigenvalue weighted by Crippen LogP contribution is 2.27. The minimum atomic E-state index is -0.402. The van der Waals surface area contributed by atoms with Gasteiger partial charge in [-0.25, -0.2) is 0 Å². The topological polar surface area (TPSA) is 79.6 Å². The molecule has 1 aromatic carbocycles. The van der Waals surface area contributed by atoms with Crippen molar-refractivity contribution in [3.8, 4) is 0 Å². The maximum atomic E-state index is 12.5. The normalized spacial score (nSPS) is 17.0. The van der Waals surface area contributed by atoms with Crippen LogP contribution in [0.5, 0.6) is 0 Å². The van der Waals surface area contributed by atoms with Gasteiger partial charge in [0.25, 0.3) is 0 Å². The quantitative estimate of drug-likeness (QED) is 0.763. The Morgan fingerprint density at radius 2 is 2.12 bits per heavy atom. The van der Waals surface area contributed by atoms with Crippen molar-refractivity contribution in [2.24, 2.45) is 5.92 Å². The van der Waals surface area contributed by atoms with Crippen molar-refractivity contribution in [2.75, 3.05) is 11.4 Å². The van der Waals surface area contributed by atoms with Gasteiger partial charge in [0.05, 0.1) is 12.5 Å². The van der Waals surface area contributed by atoms with Gasteiger partial charge in [-0.3, -0.25) is 14.0 Å². The first-order valence-corrected chi connectivity index (χ1v) is 8.62. The zero-order chi connectivity index (χ0) is 18.1. The average molecular weight is 370 g/mol. The van der Waals surface area contributed by atoms with Crippen LogP contribution in [-0.4, -0.2) is 33.0 Å². The number of benzene rings is 1. The molecule has 2 amide bonds. The largest absolute Gasteiger partial charge is 0.348 e. The number of carbonyl (C=O) groups is 2. The number of carbonyl (C=O) groups excluding carboxylic acids is 2. The van der Waals surface area contributed by atoms with Crippen molar-refractivity contribution >= 4 is 34.7 Å². The Labute approximate surface area is 154 Å². The molecule has 1 N–H and O–H groups in total. The molecule has 1 aliphatic heterocycles. The van der Waals surface area contributed by atoms with Crippen LogP contribution in [0.1, 0.15) is 12.2 Å². The summed E-state index contributed by atoms with van der Waals surface area (Å²) < 4.78 is 1.82. The molecule has 0 saturated carbocycles. The van der Waals surface area contributed by atoms with E-state index in [1.807, 2.05) is 34.9 Å². The summed E-state index contributed by atoms with van der Waals surface area (Å²) in [5.74, 6) is -0.0125. The number of anilines is 1. The minimum Gasteiger partial charge on any atom is -0.348 e. The molecule has 0 spiro atoms. The number of rotatable bonds is 4. The number of fused-ring (bicyclic) bond motifs is 1. The highest BCUT2D eigenvalue weighted by molar-refractivity contribution is 6.31. The lowest BCUT2D eigenvalue weighted by atomic mass is 10.1. The van der Waals surface area contributed by atoms with E-state index < -0.39 is 5.92 Å². The van der Waals surface area contributed by atoms with Gasteiger partial charge >= 0.3 is 0 Å². The zero-order valence-corrected chi connectivity index (χ0v) is 14.6. The van der Waals surface area contributed by atoms with Gasteiger partial charge in [0, 0.05) is 29.9 Å². The van der Waals surface area contributed by atoms with Crippen molar-refractivity contribution in [1.82, 2.24) is 19.9 Å². The van der Waals surface area contributed by atoms with E-state index in [1.54, 1.807) is 23.1 Å². The Kier molecular flexibility index (Phi) is 4.30. The standard InChI is InChI=1S/C18H16ClN5O2/c19-13-4-3-5-14(9-13)24-11-12(8-17(24)25)18(26)20-10-16-22-21-15-6-1-2-7-23(15)16/h1-7,9,12H,8,10-11H2,(H,20,26). The maximum Gasteiger partial charge on any atom is 0.227 e. The number of hydrogen-bond acceptors (Lipinski definition) is 4. The summed E-state index contributed by atoms with van der Waals surface area (Å²) in [6.07, 6.45) is 2.02.